The topological polar surface area (TPSA) is 47.3 Å². The summed E-state index contributed by atoms with van der Waals surface area (Å²) in [5.41, 5.74) is 1.37. The number of nitrogens with zero attached hydrogens (tertiary/aromatic N) is 1. The van der Waals surface area contributed by atoms with Crippen molar-refractivity contribution in [2.24, 2.45) is 0 Å². The maximum Gasteiger partial charge on any atom is 0.227 e. The van der Waals surface area contributed by atoms with Crippen LogP contribution in [0.25, 0.3) is 11.5 Å². The van der Waals surface area contributed by atoms with Crippen molar-refractivity contribution in [3.8, 4) is 11.5 Å². The Bertz CT molecular complexity index is 545. The number of methoxy groups -OCH3 is 1. The first-order valence-corrected chi connectivity index (χ1v) is 6.60. The molecule has 0 saturated carbocycles. The van der Waals surface area contributed by atoms with Gasteiger partial charge in [-0.1, -0.05) is 6.07 Å². The summed E-state index contributed by atoms with van der Waals surface area (Å²) in [5, 5.41) is 3.16. The van der Waals surface area contributed by atoms with Crippen LogP contribution >= 0.6 is 15.9 Å². The molecule has 2 aromatic rings. The molecule has 0 unspecified atom stereocenters. The summed E-state index contributed by atoms with van der Waals surface area (Å²) in [6.45, 7) is 1.96. The molecule has 1 aromatic heterocycles. The second-order valence-electron chi connectivity index (χ2n) is 3.91. The predicted octanol–water partition coefficient (Wildman–Crippen LogP) is 2.98. The van der Waals surface area contributed by atoms with Gasteiger partial charge in [0, 0.05) is 20.2 Å². The van der Waals surface area contributed by atoms with Crippen molar-refractivity contribution in [2.45, 2.75) is 6.54 Å². The average Bonchev–Trinajstić information content (AvgIpc) is 2.87. The Kier molecular flexibility index (Phi) is 5.07. The molecule has 0 fully saturated rings. The van der Waals surface area contributed by atoms with Crippen molar-refractivity contribution >= 4 is 15.9 Å². The fourth-order valence-electron chi connectivity index (χ4n) is 1.57. The van der Waals surface area contributed by atoms with Gasteiger partial charge in [-0.05, 0) is 28.1 Å². The van der Waals surface area contributed by atoms with Crippen molar-refractivity contribution in [2.75, 3.05) is 20.3 Å². The van der Waals surface area contributed by atoms with Gasteiger partial charge in [-0.2, -0.15) is 0 Å². The van der Waals surface area contributed by atoms with E-state index in [1.807, 2.05) is 0 Å². The van der Waals surface area contributed by atoms with E-state index in [0.29, 0.717) is 29.1 Å². The molecule has 102 valence electrons. The largest absolute Gasteiger partial charge is 0.444 e. The average molecular weight is 329 g/mol. The van der Waals surface area contributed by atoms with Crippen LogP contribution in [-0.2, 0) is 11.3 Å². The summed E-state index contributed by atoms with van der Waals surface area (Å²) < 4.78 is 24.1. The third-order valence-electron chi connectivity index (χ3n) is 2.52. The van der Waals surface area contributed by atoms with E-state index in [4.69, 9.17) is 9.15 Å². The molecule has 0 bridgehead atoms. The molecule has 1 aromatic carbocycles. The quantitative estimate of drug-likeness (QED) is 0.828. The zero-order valence-corrected chi connectivity index (χ0v) is 12.0. The Hall–Kier alpha value is -1.24. The lowest BCUT2D eigenvalue weighted by Gasteiger charge is -2.01. The first-order chi connectivity index (χ1) is 9.22. The number of nitrogens with one attached hydrogen (secondary N) is 1. The summed E-state index contributed by atoms with van der Waals surface area (Å²) in [4.78, 5) is 4.31. The van der Waals surface area contributed by atoms with E-state index in [2.05, 4.69) is 26.2 Å². The van der Waals surface area contributed by atoms with Crippen LogP contribution in [0.2, 0.25) is 0 Å². The molecule has 1 N–H and O–H groups in total. The smallest absolute Gasteiger partial charge is 0.227 e. The van der Waals surface area contributed by atoms with E-state index in [1.54, 1.807) is 25.5 Å². The highest BCUT2D eigenvalue weighted by Crippen LogP contribution is 2.29. The third kappa shape index (κ3) is 3.62. The minimum absolute atomic E-state index is 0.338. The summed E-state index contributed by atoms with van der Waals surface area (Å²) >= 11 is 3.19. The number of aromatic nitrogens is 1. The van der Waals surface area contributed by atoms with Crippen LogP contribution in [0.15, 0.2) is 33.4 Å². The lowest BCUT2D eigenvalue weighted by Crippen LogP contribution is -2.18. The van der Waals surface area contributed by atoms with Crippen LogP contribution < -0.4 is 5.32 Å². The Morgan fingerprint density at radius 2 is 2.32 bits per heavy atom. The first-order valence-electron chi connectivity index (χ1n) is 5.81. The summed E-state index contributed by atoms with van der Waals surface area (Å²) in [6.07, 6.45) is 1.56. The zero-order chi connectivity index (χ0) is 13.7. The van der Waals surface area contributed by atoms with Crippen LogP contribution in [0.1, 0.15) is 5.69 Å². The molecule has 19 heavy (non-hydrogen) atoms. The highest BCUT2D eigenvalue weighted by Gasteiger charge is 2.12. The number of rotatable bonds is 6. The molecular weight excluding hydrogens is 315 g/mol. The first kappa shape index (κ1) is 14.2. The summed E-state index contributed by atoms with van der Waals surface area (Å²) in [7, 11) is 1.65. The summed E-state index contributed by atoms with van der Waals surface area (Å²) in [6, 6.07) is 4.75. The van der Waals surface area contributed by atoms with Gasteiger partial charge in [0.25, 0.3) is 0 Å². The number of benzene rings is 1. The maximum absolute atomic E-state index is 13.4. The highest BCUT2D eigenvalue weighted by molar-refractivity contribution is 9.10. The molecule has 0 radical (unpaired) electrons. The van der Waals surface area contributed by atoms with Crippen LogP contribution in [0.4, 0.5) is 4.39 Å². The summed E-state index contributed by atoms with van der Waals surface area (Å²) in [5.74, 6) is 0.0605. The van der Waals surface area contributed by atoms with Gasteiger partial charge in [-0.25, -0.2) is 9.37 Å². The molecule has 0 saturated heterocycles. The van der Waals surface area contributed by atoms with Gasteiger partial charge in [0.05, 0.1) is 22.3 Å². The van der Waals surface area contributed by atoms with E-state index < -0.39 is 0 Å². The van der Waals surface area contributed by atoms with Crippen LogP contribution in [-0.4, -0.2) is 25.2 Å². The molecule has 0 aliphatic heterocycles. The maximum atomic E-state index is 13.4. The Labute approximate surface area is 119 Å². The Balaban J connectivity index is 2.06. The monoisotopic (exact) mass is 328 g/mol. The number of hydrogen-bond donors (Lipinski definition) is 1. The van der Waals surface area contributed by atoms with Gasteiger partial charge in [-0.15, -0.1) is 0 Å². The fraction of sp³-hybridized carbons (Fsp3) is 0.308. The number of oxazole rings is 1. The molecule has 0 aliphatic rings. The fourth-order valence-corrected chi connectivity index (χ4v) is 2.01. The molecule has 2 rings (SSSR count). The third-order valence-corrected chi connectivity index (χ3v) is 3.33. The van der Waals surface area contributed by atoms with E-state index >= 15 is 0 Å². The van der Waals surface area contributed by atoms with Crippen molar-refractivity contribution < 1.29 is 13.5 Å². The van der Waals surface area contributed by atoms with E-state index in [9.17, 15) is 4.39 Å². The number of hydrogen-bond acceptors (Lipinski definition) is 4. The minimum atomic E-state index is -0.338. The Morgan fingerprint density at radius 3 is 3.11 bits per heavy atom. The minimum Gasteiger partial charge on any atom is -0.444 e. The van der Waals surface area contributed by atoms with Gasteiger partial charge >= 0.3 is 0 Å². The molecule has 0 aliphatic carbocycles. The van der Waals surface area contributed by atoms with Crippen molar-refractivity contribution in [1.82, 2.24) is 10.3 Å². The highest BCUT2D eigenvalue weighted by atomic mass is 79.9. The van der Waals surface area contributed by atoms with Crippen molar-refractivity contribution in [1.29, 1.82) is 0 Å². The second-order valence-corrected chi connectivity index (χ2v) is 4.71. The van der Waals surface area contributed by atoms with Gasteiger partial charge < -0.3 is 14.5 Å². The second kappa shape index (κ2) is 6.79. The van der Waals surface area contributed by atoms with E-state index in [0.717, 1.165) is 12.2 Å². The van der Waals surface area contributed by atoms with Gasteiger partial charge in [0.15, 0.2) is 0 Å². The molecule has 6 heteroatoms. The standard InChI is InChI=1S/C13H14BrFN2O2/c1-18-6-5-16-7-9-8-19-13(17-9)10-3-2-4-11(15)12(10)14/h2-4,8,16H,5-7H2,1H3. The molecule has 4 nitrogen and oxygen atoms in total. The molecule has 1 heterocycles. The van der Waals surface area contributed by atoms with Gasteiger partial charge in [0.1, 0.15) is 12.1 Å². The van der Waals surface area contributed by atoms with Crippen LogP contribution in [0, 0.1) is 5.82 Å². The Morgan fingerprint density at radius 1 is 1.47 bits per heavy atom. The lowest BCUT2D eigenvalue weighted by atomic mass is 10.2. The van der Waals surface area contributed by atoms with Gasteiger partial charge in [-0.3, -0.25) is 0 Å². The number of halogens is 2. The number of ether oxygens (including phenoxy) is 1. The van der Waals surface area contributed by atoms with E-state index in [-0.39, 0.29) is 5.82 Å². The molecule has 0 atom stereocenters. The zero-order valence-electron chi connectivity index (χ0n) is 10.5. The SMILES string of the molecule is COCCNCc1coc(-c2cccc(F)c2Br)n1. The van der Waals surface area contributed by atoms with Gasteiger partial charge in [0.2, 0.25) is 5.89 Å². The normalized spacial score (nSPS) is 10.9. The molecular formula is C13H14BrFN2O2. The predicted molar refractivity (Wildman–Crippen MR) is 73.2 cm³/mol. The molecule has 0 amide bonds. The van der Waals surface area contributed by atoms with Crippen molar-refractivity contribution in [3.05, 3.63) is 40.4 Å². The molecule has 0 spiro atoms. The van der Waals surface area contributed by atoms with Crippen molar-refractivity contribution in [3.63, 3.8) is 0 Å². The van der Waals surface area contributed by atoms with E-state index in [1.165, 1.54) is 6.07 Å². The van der Waals surface area contributed by atoms with Crippen LogP contribution in [0.3, 0.4) is 0 Å². The van der Waals surface area contributed by atoms with Crippen LogP contribution in [0.5, 0.6) is 0 Å². The lowest BCUT2D eigenvalue weighted by molar-refractivity contribution is 0.199.